The van der Waals surface area contributed by atoms with Crippen LogP contribution in [-0.4, -0.2) is 6.29 Å². The second-order valence-electron chi connectivity index (χ2n) is 3.83. The van der Waals surface area contributed by atoms with Crippen LogP contribution in [0.1, 0.15) is 15.9 Å². The summed E-state index contributed by atoms with van der Waals surface area (Å²) in [5.41, 5.74) is 1.39. The number of carbonyl (C=O) groups is 1. The number of benzene rings is 2. The number of halogens is 3. The average Bonchev–Trinajstić information content (AvgIpc) is 2.40. The first-order chi connectivity index (χ1) is 9.10. The first-order valence-electron chi connectivity index (χ1n) is 5.41. The molecule has 2 aromatic carbocycles. The third kappa shape index (κ3) is 3.72. The van der Waals surface area contributed by atoms with Gasteiger partial charge in [0.25, 0.3) is 0 Å². The quantitative estimate of drug-likeness (QED) is 0.706. The van der Waals surface area contributed by atoms with Crippen LogP contribution in [0.3, 0.4) is 0 Å². The van der Waals surface area contributed by atoms with E-state index in [1.807, 2.05) is 0 Å². The average molecular weight is 360 g/mol. The fraction of sp³-hybridized carbons (Fsp3) is 0.0714. The Bertz CT molecular complexity index is 614. The van der Waals surface area contributed by atoms with E-state index in [1.165, 1.54) is 0 Å². The Morgan fingerprint density at radius 3 is 2.63 bits per heavy atom. The lowest BCUT2D eigenvalue weighted by atomic mass is 10.2. The van der Waals surface area contributed by atoms with Gasteiger partial charge < -0.3 is 4.74 Å². The lowest BCUT2D eigenvalue weighted by Gasteiger charge is -2.10. The molecule has 0 heterocycles. The van der Waals surface area contributed by atoms with Crippen molar-refractivity contribution in [1.82, 2.24) is 0 Å². The molecule has 2 aromatic rings. The summed E-state index contributed by atoms with van der Waals surface area (Å²) in [7, 11) is 0. The maximum atomic E-state index is 10.6. The largest absolute Gasteiger partial charge is 0.488 e. The maximum Gasteiger partial charge on any atom is 0.150 e. The predicted molar refractivity (Wildman–Crippen MR) is 80.3 cm³/mol. The zero-order chi connectivity index (χ0) is 13.8. The van der Waals surface area contributed by atoms with E-state index in [4.69, 9.17) is 27.9 Å². The van der Waals surface area contributed by atoms with Crippen LogP contribution in [0.5, 0.6) is 5.75 Å². The molecule has 0 aliphatic rings. The highest BCUT2D eigenvalue weighted by Crippen LogP contribution is 2.28. The topological polar surface area (TPSA) is 26.3 Å². The number of carbonyl (C=O) groups excluding carboxylic acids is 1. The summed E-state index contributed by atoms with van der Waals surface area (Å²) in [5.74, 6) is 0.640. The van der Waals surface area contributed by atoms with E-state index in [0.29, 0.717) is 28.0 Å². The normalized spacial score (nSPS) is 10.3. The summed E-state index contributed by atoms with van der Waals surface area (Å²) in [6.07, 6.45) is 0.780. The van der Waals surface area contributed by atoms with Crippen molar-refractivity contribution in [1.29, 1.82) is 0 Å². The Labute approximate surface area is 129 Å². The van der Waals surface area contributed by atoms with Crippen molar-refractivity contribution in [2.45, 2.75) is 6.61 Å². The van der Waals surface area contributed by atoms with Crippen molar-refractivity contribution >= 4 is 45.4 Å². The number of rotatable bonds is 4. The van der Waals surface area contributed by atoms with Gasteiger partial charge in [-0.3, -0.25) is 4.79 Å². The molecule has 19 heavy (non-hydrogen) atoms. The summed E-state index contributed by atoms with van der Waals surface area (Å²) >= 11 is 15.3. The standard InChI is InChI=1S/C14H9BrCl2O2/c15-12-5-9(7-18)1-4-14(12)19-8-10-6-11(16)2-3-13(10)17/h1-7H,8H2. The minimum Gasteiger partial charge on any atom is -0.488 e. The van der Waals surface area contributed by atoms with Gasteiger partial charge in [-0.15, -0.1) is 0 Å². The van der Waals surface area contributed by atoms with Crippen molar-refractivity contribution in [3.05, 3.63) is 62.0 Å². The molecule has 98 valence electrons. The monoisotopic (exact) mass is 358 g/mol. The highest BCUT2D eigenvalue weighted by molar-refractivity contribution is 9.10. The van der Waals surface area contributed by atoms with Gasteiger partial charge in [-0.2, -0.15) is 0 Å². The van der Waals surface area contributed by atoms with Crippen LogP contribution in [0.15, 0.2) is 40.9 Å². The molecule has 0 atom stereocenters. The molecule has 0 aromatic heterocycles. The van der Waals surface area contributed by atoms with Crippen LogP contribution in [0, 0.1) is 0 Å². The molecular weight excluding hydrogens is 351 g/mol. The van der Waals surface area contributed by atoms with Gasteiger partial charge in [-0.25, -0.2) is 0 Å². The van der Waals surface area contributed by atoms with Gasteiger partial charge in [0, 0.05) is 21.2 Å². The molecular formula is C14H9BrCl2O2. The predicted octanol–water partition coefficient (Wildman–Crippen LogP) is 5.15. The van der Waals surface area contributed by atoms with Gasteiger partial charge in [-0.05, 0) is 52.3 Å². The second kappa shape index (κ2) is 6.42. The first kappa shape index (κ1) is 14.4. The molecule has 0 radical (unpaired) electrons. The van der Waals surface area contributed by atoms with Crippen molar-refractivity contribution in [3.63, 3.8) is 0 Å². The minimum atomic E-state index is 0.304. The van der Waals surface area contributed by atoms with Gasteiger partial charge in [0.1, 0.15) is 18.6 Å². The fourth-order valence-corrected chi connectivity index (χ4v) is 2.39. The van der Waals surface area contributed by atoms with Crippen LogP contribution in [0.25, 0.3) is 0 Å². The highest BCUT2D eigenvalue weighted by Gasteiger charge is 2.06. The van der Waals surface area contributed by atoms with Gasteiger partial charge in [-0.1, -0.05) is 23.2 Å². The van der Waals surface area contributed by atoms with Crippen molar-refractivity contribution in [2.24, 2.45) is 0 Å². The van der Waals surface area contributed by atoms with Crippen LogP contribution < -0.4 is 4.74 Å². The maximum absolute atomic E-state index is 10.6. The molecule has 0 aliphatic heterocycles. The van der Waals surface area contributed by atoms with Crippen molar-refractivity contribution in [3.8, 4) is 5.75 Å². The molecule has 0 bridgehead atoms. The van der Waals surface area contributed by atoms with E-state index in [1.54, 1.807) is 36.4 Å². The lowest BCUT2D eigenvalue weighted by Crippen LogP contribution is -1.97. The fourth-order valence-electron chi connectivity index (χ4n) is 1.52. The summed E-state index contributed by atoms with van der Waals surface area (Å²) in [5, 5.41) is 1.21. The smallest absolute Gasteiger partial charge is 0.150 e. The van der Waals surface area contributed by atoms with Crippen molar-refractivity contribution < 1.29 is 9.53 Å². The van der Waals surface area contributed by atoms with E-state index in [9.17, 15) is 4.79 Å². The summed E-state index contributed by atoms with van der Waals surface area (Å²) < 4.78 is 6.37. The number of hydrogen-bond acceptors (Lipinski definition) is 2. The third-order valence-corrected chi connectivity index (χ3v) is 3.71. The first-order valence-corrected chi connectivity index (χ1v) is 6.96. The molecule has 0 saturated heterocycles. The van der Waals surface area contributed by atoms with E-state index in [2.05, 4.69) is 15.9 Å². The number of hydrogen-bond donors (Lipinski definition) is 0. The van der Waals surface area contributed by atoms with Gasteiger partial charge in [0.2, 0.25) is 0 Å². The third-order valence-electron chi connectivity index (χ3n) is 2.48. The number of aldehydes is 1. The molecule has 0 saturated carbocycles. The Morgan fingerprint density at radius 1 is 1.16 bits per heavy atom. The molecule has 2 rings (SSSR count). The summed E-state index contributed by atoms with van der Waals surface area (Å²) in [4.78, 5) is 10.6. The Hall–Kier alpha value is -1.03. The molecule has 2 nitrogen and oxygen atoms in total. The molecule has 5 heteroatoms. The summed E-state index contributed by atoms with van der Waals surface area (Å²) in [6, 6.07) is 10.3. The van der Waals surface area contributed by atoms with Crippen LogP contribution in [-0.2, 0) is 6.61 Å². The Morgan fingerprint density at radius 2 is 1.95 bits per heavy atom. The molecule has 0 spiro atoms. The van der Waals surface area contributed by atoms with Crippen LogP contribution in [0.4, 0.5) is 0 Å². The summed E-state index contributed by atoms with van der Waals surface area (Å²) in [6.45, 7) is 0.304. The Balaban J connectivity index is 2.14. The minimum absolute atomic E-state index is 0.304. The van der Waals surface area contributed by atoms with E-state index in [0.717, 1.165) is 16.3 Å². The van der Waals surface area contributed by atoms with E-state index in [-0.39, 0.29) is 0 Å². The van der Waals surface area contributed by atoms with Crippen molar-refractivity contribution in [2.75, 3.05) is 0 Å². The van der Waals surface area contributed by atoms with Gasteiger partial charge in [0.15, 0.2) is 0 Å². The van der Waals surface area contributed by atoms with Crippen LogP contribution >= 0.6 is 39.1 Å². The van der Waals surface area contributed by atoms with Crippen LogP contribution in [0.2, 0.25) is 10.0 Å². The zero-order valence-electron chi connectivity index (χ0n) is 9.70. The SMILES string of the molecule is O=Cc1ccc(OCc2cc(Cl)ccc2Cl)c(Br)c1. The second-order valence-corrected chi connectivity index (χ2v) is 5.53. The molecule has 0 amide bonds. The Kier molecular flexibility index (Phi) is 4.86. The highest BCUT2D eigenvalue weighted by atomic mass is 79.9. The molecule has 0 N–H and O–H groups in total. The van der Waals surface area contributed by atoms with E-state index < -0.39 is 0 Å². The van der Waals surface area contributed by atoms with E-state index >= 15 is 0 Å². The zero-order valence-corrected chi connectivity index (χ0v) is 12.8. The van der Waals surface area contributed by atoms with Gasteiger partial charge in [0.05, 0.1) is 4.47 Å². The van der Waals surface area contributed by atoms with Gasteiger partial charge >= 0.3 is 0 Å². The molecule has 0 fully saturated rings. The molecule has 0 aliphatic carbocycles. The lowest BCUT2D eigenvalue weighted by molar-refractivity contribution is 0.112. The molecule has 0 unspecified atom stereocenters. The number of ether oxygens (including phenoxy) is 1.